The minimum absolute atomic E-state index is 0. The van der Waals surface area contributed by atoms with Crippen molar-refractivity contribution in [2.24, 2.45) is 0 Å². The molecule has 0 aliphatic carbocycles. The largest absolute Gasteiger partial charge is 0.339 e. The van der Waals surface area contributed by atoms with E-state index < -0.39 is 4.92 Å². The summed E-state index contributed by atoms with van der Waals surface area (Å²) in [6.07, 6.45) is 1.65. The van der Waals surface area contributed by atoms with Crippen molar-refractivity contribution in [2.75, 3.05) is 19.6 Å². The third-order valence-corrected chi connectivity index (χ3v) is 5.45. The second-order valence-corrected chi connectivity index (χ2v) is 7.13. The predicted octanol–water partition coefficient (Wildman–Crippen LogP) is 2.04. The molecule has 0 unspecified atom stereocenters. The van der Waals surface area contributed by atoms with Gasteiger partial charge in [0, 0.05) is 49.3 Å². The molecule has 0 radical (unpaired) electrons. The summed E-state index contributed by atoms with van der Waals surface area (Å²) in [4.78, 5) is 25.2. The molecular weight excluding hydrogens is 384 g/mol. The van der Waals surface area contributed by atoms with Gasteiger partial charge in [0.05, 0.1) is 11.5 Å². The van der Waals surface area contributed by atoms with Crippen molar-refractivity contribution >= 4 is 24.0 Å². The molecule has 1 N–H and O–H groups in total. The van der Waals surface area contributed by atoms with E-state index in [1.165, 1.54) is 6.07 Å². The number of amides is 1. The number of nitrogens with zero attached hydrogens (tertiary/aromatic N) is 5. The number of hydrogen-bond acceptors (Lipinski definition) is 6. The van der Waals surface area contributed by atoms with Crippen molar-refractivity contribution in [3.8, 4) is 0 Å². The molecule has 1 aromatic heterocycles. The first-order chi connectivity index (χ1) is 13.0. The van der Waals surface area contributed by atoms with Gasteiger partial charge in [-0.05, 0) is 25.8 Å². The average Bonchev–Trinajstić information content (AvgIpc) is 3.12. The first kappa shape index (κ1) is 20.2. The summed E-state index contributed by atoms with van der Waals surface area (Å²) in [5.74, 6) is 2.14. The van der Waals surface area contributed by atoms with Crippen LogP contribution >= 0.6 is 12.4 Å². The predicted molar refractivity (Wildman–Crippen MR) is 105 cm³/mol. The summed E-state index contributed by atoms with van der Waals surface area (Å²) in [7, 11) is 0. The molecule has 1 amide bonds. The Morgan fingerprint density at radius 2 is 2.00 bits per heavy atom. The van der Waals surface area contributed by atoms with Crippen LogP contribution in [0, 0.1) is 17.0 Å². The maximum Gasteiger partial charge on any atom is 0.273 e. The zero-order valence-corrected chi connectivity index (χ0v) is 16.4. The molecule has 4 rings (SSSR count). The van der Waals surface area contributed by atoms with Gasteiger partial charge in [0.15, 0.2) is 0 Å². The molecule has 2 aliphatic heterocycles. The number of carbonyl (C=O) groups excluding carboxylic acids is 1. The molecule has 0 bridgehead atoms. The molecule has 150 valence electrons. The number of likely N-dealkylation sites (tertiary alicyclic amines) is 1. The summed E-state index contributed by atoms with van der Waals surface area (Å²) < 4.78 is 2.20. The van der Waals surface area contributed by atoms with E-state index in [9.17, 15) is 14.9 Å². The van der Waals surface area contributed by atoms with E-state index in [0.29, 0.717) is 30.1 Å². The monoisotopic (exact) mass is 406 g/mol. The van der Waals surface area contributed by atoms with Gasteiger partial charge >= 0.3 is 0 Å². The number of benzene rings is 1. The van der Waals surface area contributed by atoms with Gasteiger partial charge in [-0.1, -0.05) is 6.07 Å². The van der Waals surface area contributed by atoms with E-state index in [0.717, 1.165) is 44.1 Å². The van der Waals surface area contributed by atoms with E-state index in [1.54, 1.807) is 24.0 Å². The quantitative estimate of drug-likeness (QED) is 0.617. The number of nitro groups is 1. The Labute approximate surface area is 168 Å². The van der Waals surface area contributed by atoms with Crippen molar-refractivity contribution in [2.45, 2.75) is 38.8 Å². The number of nitro benzene ring substituents is 1. The van der Waals surface area contributed by atoms with Gasteiger partial charge in [-0.15, -0.1) is 22.6 Å². The third-order valence-electron chi connectivity index (χ3n) is 5.45. The summed E-state index contributed by atoms with van der Waals surface area (Å²) in [5, 5.41) is 23.1. The zero-order valence-electron chi connectivity index (χ0n) is 15.6. The fourth-order valence-electron chi connectivity index (χ4n) is 3.88. The van der Waals surface area contributed by atoms with Crippen LogP contribution in [0.3, 0.4) is 0 Å². The molecular formula is C18H23ClN6O3. The lowest BCUT2D eigenvalue weighted by molar-refractivity contribution is -0.385. The molecule has 9 nitrogen and oxygen atoms in total. The van der Waals surface area contributed by atoms with Crippen molar-refractivity contribution in [1.82, 2.24) is 25.0 Å². The van der Waals surface area contributed by atoms with Crippen molar-refractivity contribution < 1.29 is 9.72 Å². The van der Waals surface area contributed by atoms with Gasteiger partial charge in [0.2, 0.25) is 0 Å². The van der Waals surface area contributed by atoms with Crippen LogP contribution < -0.4 is 5.32 Å². The molecule has 0 spiro atoms. The average molecular weight is 407 g/mol. The second kappa shape index (κ2) is 8.24. The number of halogens is 1. The standard InChI is InChI=1S/C18H22N6O3.ClH/c1-12-2-3-14(10-15(12)24(26)27)18(25)22-7-4-13(5-8-22)17-21-20-16-11-19-6-9-23(16)17;/h2-3,10,13,19H,4-9,11H2,1H3;1H. The van der Waals surface area contributed by atoms with Gasteiger partial charge in [0.1, 0.15) is 11.6 Å². The van der Waals surface area contributed by atoms with Crippen molar-refractivity contribution in [3.63, 3.8) is 0 Å². The molecule has 10 heteroatoms. The van der Waals surface area contributed by atoms with E-state index in [2.05, 4.69) is 20.1 Å². The molecule has 2 aromatic rings. The first-order valence-corrected chi connectivity index (χ1v) is 9.21. The van der Waals surface area contributed by atoms with Crippen molar-refractivity contribution in [1.29, 1.82) is 0 Å². The lowest BCUT2D eigenvalue weighted by atomic mass is 9.95. The number of nitrogens with one attached hydrogen (secondary N) is 1. The van der Waals surface area contributed by atoms with E-state index >= 15 is 0 Å². The fourth-order valence-corrected chi connectivity index (χ4v) is 3.88. The van der Waals surface area contributed by atoms with Crippen LogP contribution in [0.5, 0.6) is 0 Å². The van der Waals surface area contributed by atoms with Gasteiger partial charge in [-0.3, -0.25) is 14.9 Å². The van der Waals surface area contributed by atoms with Crippen LogP contribution in [0.1, 0.15) is 46.3 Å². The van der Waals surface area contributed by atoms with Gasteiger partial charge in [-0.2, -0.15) is 0 Å². The van der Waals surface area contributed by atoms with Crippen molar-refractivity contribution in [3.05, 3.63) is 51.1 Å². The minimum atomic E-state index is -0.443. The number of carbonyl (C=O) groups is 1. The highest BCUT2D eigenvalue weighted by molar-refractivity contribution is 5.95. The Hall–Kier alpha value is -2.52. The lowest BCUT2D eigenvalue weighted by Gasteiger charge is -2.32. The molecule has 3 heterocycles. The Morgan fingerprint density at radius 3 is 2.71 bits per heavy atom. The maximum absolute atomic E-state index is 12.8. The Balaban J connectivity index is 0.00000225. The molecule has 0 saturated carbocycles. The second-order valence-electron chi connectivity index (χ2n) is 7.13. The normalized spacial score (nSPS) is 17.0. The zero-order chi connectivity index (χ0) is 19.0. The third kappa shape index (κ3) is 3.72. The SMILES string of the molecule is Cc1ccc(C(=O)N2CCC(c3nnc4n3CCNC4)CC2)cc1[N+](=O)[O-].Cl. The highest BCUT2D eigenvalue weighted by Crippen LogP contribution is 2.29. The smallest absolute Gasteiger partial charge is 0.273 e. The summed E-state index contributed by atoms with van der Waals surface area (Å²) >= 11 is 0. The Morgan fingerprint density at radius 1 is 1.25 bits per heavy atom. The first-order valence-electron chi connectivity index (χ1n) is 9.21. The van der Waals surface area contributed by atoms with Crippen LogP contribution in [0.4, 0.5) is 5.69 Å². The van der Waals surface area contributed by atoms with Gasteiger partial charge in [0.25, 0.3) is 11.6 Å². The van der Waals surface area contributed by atoms with Crippen LogP contribution in [0.25, 0.3) is 0 Å². The number of fused-ring (bicyclic) bond motifs is 1. The van der Waals surface area contributed by atoms with Crippen LogP contribution in [0.15, 0.2) is 18.2 Å². The summed E-state index contributed by atoms with van der Waals surface area (Å²) in [6.45, 7) is 5.45. The maximum atomic E-state index is 12.8. The molecule has 1 saturated heterocycles. The molecule has 1 aromatic carbocycles. The molecule has 1 fully saturated rings. The van der Waals surface area contributed by atoms with Crippen LogP contribution in [0.2, 0.25) is 0 Å². The Bertz CT molecular complexity index is 891. The summed E-state index contributed by atoms with van der Waals surface area (Å²) in [5.41, 5.74) is 0.914. The highest BCUT2D eigenvalue weighted by Gasteiger charge is 2.29. The highest BCUT2D eigenvalue weighted by atomic mass is 35.5. The van der Waals surface area contributed by atoms with Gasteiger partial charge < -0.3 is 14.8 Å². The fraction of sp³-hybridized carbons (Fsp3) is 0.500. The summed E-state index contributed by atoms with van der Waals surface area (Å²) in [6, 6.07) is 4.68. The lowest BCUT2D eigenvalue weighted by Crippen LogP contribution is -2.39. The van der Waals surface area contributed by atoms with Gasteiger partial charge in [-0.25, -0.2) is 0 Å². The molecule has 0 atom stereocenters. The topological polar surface area (TPSA) is 106 Å². The van der Waals surface area contributed by atoms with E-state index in [4.69, 9.17) is 0 Å². The molecule has 2 aliphatic rings. The van der Waals surface area contributed by atoms with Crippen LogP contribution in [-0.4, -0.2) is 50.1 Å². The van der Waals surface area contributed by atoms with E-state index in [-0.39, 0.29) is 24.0 Å². The van der Waals surface area contributed by atoms with Crippen LogP contribution in [-0.2, 0) is 13.1 Å². The Kier molecular flexibility index (Phi) is 5.95. The van der Waals surface area contributed by atoms with E-state index in [1.807, 2.05) is 0 Å². The molecule has 28 heavy (non-hydrogen) atoms. The minimum Gasteiger partial charge on any atom is -0.339 e. The number of aryl methyl sites for hydroxylation is 1. The number of aromatic nitrogens is 3. The number of rotatable bonds is 3. The number of piperidine rings is 1. The number of hydrogen-bond donors (Lipinski definition) is 1.